The van der Waals surface area contributed by atoms with Crippen molar-refractivity contribution in [1.29, 1.82) is 0 Å². The fraction of sp³-hybridized carbons (Fsp3) is 0.375. The quantitative estimate of drug-likeness (QED) is 0.478. The Morgan fingerprint density at radius 3 is 2.65 bits per heavy atom. The number of anilines is 1. The molecule has 9 heteroatoms. The van der Waals surface area contributed by atoms with Gasteiger partial charge in [0.2, 0.25) is 5.82 Å². The molecular weight excluding hydrogens is 266 g/mol. The number of thioether (sulfide) groups is 1. The van der Waals surface area contributed by atoms with Gasteiger partial charge in [0.05, 0.1) is 15.7 Å². The molecule has 0 aliphatic heterocycles. The minimum atomic E-state index is -3.01. The Hall–Kier alpha value is -1.35. The smallest absolute Gasteiger partial charge is 0.311 e. The van der Waals surface area contributed by atoms with Crippen LogP contribution < -0.4 is 5.73 Å². The lowest BCUT2D eigenvalue weighted by Gasteiger charge is -2.01. The number of rotatable bonds is 5. The monoisotopic (exact) mass is 277 g/mol. The predicted octanol–water partition coefficient (Wildman–Crippen LogP) is 0.709. The van der Waals surface area contributed by atoms with E-state index in [9.17, 15) is 18.5 Å². The van der Waals surface area contributed by atoms with Crippen LogP contribution in [0.5, 0.6) is 0 Å². The normalized spacial score (nSPS) is 11.4. The van der Waals surface area contributed by atoms with Crippen LogP contribution in [0.4, 0.5) is 11.5 Å². The zero-order valence-corrected chi connectivity index (χ0v) is 10.6. The van der Waals surface area contributed by atoms with Crippen LogP contribution in [-0.2, 0) is 9.84 Å². The number of hydrogen-bond donors (Lipinski definition) is 1. The van der Waals surface area contributed by atoms with Gasteiger partial charge < -0.3 is 5.73 Å². The SMILES string of the molecule is CS(=O)(=O)CCSc1ccc([N+](=O)[O-])c(N)n1. The Labute approximate surface area is 102 Å². The molecule has 0 unspecified atom stereocenters. The number of nitro groups is 1. The molecule has 0 atom stereocenters. The highest BCUT2D eigenvalue weighted by Crippen LogP contribution is 2.23. The van der Waals surface area contributed by atoms with E-state index >= 15 is 0 Å². The molecule has 0 spiro atoms. The van der Waals surface area contributed by atoms with Gasteiger partial charge >= 0.3 is 5.69 Å². The van der Waals surface area contributed by atoms with Gasteiger partial charge in [-0.1, -0.05) is 0 Å². The Morgan fingerprint density at radius 1 is 1.53 bits per heavy atom. The summed E-state index contributed by atoms with van der Waals surface area (Å²) in [6, 6.07) is 2.70. The Morgan fingerprint density at radius 2 is 2.18 bits per heavy atom. The van der Waals surface area contributed by atoms with Crippen LogP contribution in [0, 0.1) is 10.1 Å². The standard InChI is InChI=1S/C8H11N3O4S2/c1-17(14,15)5-4-16-7-3-2-6(11(12)13)8(9)10-7/h2-3H,4-5H2,1H3,(H2,9,10). The number of nitrogen functional groups attached to an aromatic ring is 1. The summed E-state index contributed by atoms with van der Waals surface area (Å²) in [5.41, 5.74) is 5.14. The third kappa shape index (κ3) is 4.57. The number of sulfone groups is 1. The molecule has 94 valence electrons. The molecular formula is C8H11N3O4S2. The van der Waals surface area contributed by atoms with Crippen LogP contribution in [0.2, 0.25) is 0 Å². The fourth-order valence-corrected chi connectivity index (χ4v) is 3.06. The van der Waals surface area contributed by atoms with Crippen molar-refractivity contribution in [1.82, 2.24) is 4.98 Å². The Balaban J connectivity index is 2.68. The third-order valence-corrected chi connectivity index (χ3v) is 3.91. The van der Waals surface area contributed by atoms with Crippen molar-refractivity contribution in [3.63, 3.8) is 0 Å². The Kier molecular flexibility index (Phi) is 4.29. The molecule has 0 aliphatic rings. The molecule has 0 saturated carbocycles. The van der Waals surface area contributed by atoms with Gasteiger partial charge in [-0.05, 0) is 6.07 Å². The summed E-state index contributed by atoms with van der Waals surface area (Å²) in [5.74, 6) is 0.193. The first kappa shape index (κ1) is 13.7. The molecule has 0 radical (unpaired) electrons. The maximum absolute atomic E-state index is 10.9. The second kappa shape index (κ2) is 5.32. The van der Waals surface area contributed by atoms with Crippen LogP contribution in [0.1, 0.15) is 0 Å². The molecule has 1 aromatic rings. The van der Waals surface area contributed by atoms with Crippen LogP contribution in [0.15, 0.2) is 17.2 Å². The number of nitrogens with zero attached hydrogens (tertiary/aromatic N) is 2. The Bertz CT molecular complexity index is 530. The van der Waals surface area contributed by atoms with Gasteiger partial charge in [0, 0.05) is 18.1 Å². The lowest BCUT2D eigenvalue weighted by Crippen LogP contribution is -2.05. The number of pyridine rings is 1. The fourth-order valence-electron chi connectivity index (χ4n) is 0.981. The molecule has 2 N–H and O–H groups in total. The molecule has 0 fully saturated rings. The van der Waals surface area contributed by atoms with E-state index in [1.54, 1.807) is 0 Å². The molecule has 1 aromatic heterocycles. The van der Waals surface area contributed by atoms with Gasteiger partial charge in [0.25, 0.3) is 0 Å². The van der Waals surface area contributed by atoms with Crippen molar-refractivity contribution >= 4 is 33.1 Å². The van der Waals surface area contributed by atoms with Crippen molar-refractivity contribution in [2.45, 2.75) is 5.03 Å². The summed E-state index contributed by atoms with van der Waals surface area (Å²) in [7, 11) is -3.01. The highest BCUT2D eigenvalue weighted by Gasteiger charge is 2.13. The van der Waals surface area contributed by atoms with Gasteiger partial charge in [0.1, 0.15) is 9.84 Å². The minimum absolute atomic E-state index is 0.0240. The topological polar surface area (TPSA) is 116 Å². The molecule has 0 saturated heterocycles. The summed E-state index contributed by atoms with van der Waals surface area (Å²) in [6.45, 7) is 0. The lowest BCUT2D eigenvalue weighted by atomic mass is 10.4. The number of aromatic nitrogens is 1. The molecule has 1 rings (SSSR count). The van der Waals surface area contributed by atoms with E-state index in [-0.39, 0.29) is 17.3 Å². The van der Waals surface area contributed by atoms with E-state index < -0.39 is 14.8 Å². The second-order valence-electron chi connectivity index (χ2n) is 3.29. The van der Waals surface area contributed by atoms with Gasteiger partial charge in [-0.3, -0.25) is 10.1 Å². The first-order chi connectivity index (χ1) is 7.79. The van der Waals surface area contributed by atoms with Crippen molar-refractivity contribution < 1.29 is 13.3 Å². The van der Waals surface area contributed by atoms with Crippen LogP contribution in [0.25, 0.3) is 0 Å². The lowest BCUT2D eigenvalue weighted by molar-refractivity contribution is -0.384. The maximum atomic E-state index is 10.9. The van der Waals surface area contributed by atoms with Crippen molar-refractivity contribution in [3.05, 3.63) is 22.2 Å². The average molecular weight is 277 g/mol. The van der Waals surface area contributed by atoms with Gasteiger partial charge in [0.15, 0.2) is 0 Å². The van der Waals surface area contributed by atoms with Gasteiger partial charge in [-0.2, -0.15) is 0 Å². The van der Waals surface area contributed by atoms with E-state index in [2.05, 4.69) is 4.98 Å². The first-order valence-corrected chi connectivity index (χ1v) is 7.55. The molecule has 0 bridgehead atoms. The van der Waals surface area contributed by atoms with Crippen LogP contribution in [0.3, 0.4) is 0 Å². The van der Waals surface area contributed by atoms with E-state index in [1.807, 2.05) is 0 Å². The average Bonchev–Trinajstić information content (AvgIpc) is 2.15. The largest absolute Gasteiger partial charge is 0.378 e. The first-order valence-electron chi connectivity index (χ1n) is 4.51. The van der Waals surface area contributed by atoms with Crippen molar-refractivity contribution in [2.24, 2.45) is 0 Å². The molecule has 17 heavy (non-hydrogen) atoms. The zero-order valence-electron chi connectivity index (χ0n) is 8.99. The van der Waals surface area contributed by atoms with E-state index in [0.29, 0.717) is 10.8 Å². The van der Waals surface area contributed by atoms with E-state index in [0.717, 1.165) is 6.26 Å². The minimum Gasteiger partial charge on any atom is -0.378 e. The third-order valence-electron chi connectivity index (χ3n) is 1.78. The molecule has 0 amide bonds. The zero-order chi connectivity index (χ0) is 13.1. The summed E-state index contributed by atoms with van der Waals surface area (Å²) in [4.78, 5) is 13.7. The maximum Gasteiger partial charge on any atom is 0.311 e. The summed E-state index contributed by atoms with van der Waals surface area (Å²) in [5, 5.41) is 10.9. The number of nitrogens with two attached hydrogens (primary N) is 1. The molecule has 7 nitrogen and oxygen atoms in total. The summed E-state index contributed by atoms with van der Waals surface area (Å²) < 4.78 is 21.8. The highest BCUT2D eigenvalue weighted by molar-refractivity contribution is 8.00. The molecule has 0 aliphatic carbocycles. The van der Waals surface area contributed by atoms with Crippen molar-refractivity contribution in [3.8, 4) is 0 Å². The predicted molar refractivity (Wildman–Crippen MR) is 65.7 cm³/mol. The summed E-state index contributed by atoms with van der Waals surface area (Å²) >= 11 is 1.19. The molecule has 0 aromatic carbocycles. The van der Waals surface area contributed by atoms with E-state index in [4.69, 9.17) is 5.73 Å². The highest BCUT2D eigenvalue weighted by atomic mass is 32.2. The van der Waals surface area contributed by atoms with Crippen LogP contribution in [-0.4, -0.2) is 36.1 Å². The summed E-state index contributed by atoms with van der Waals surface area (Å²) in [6.07, 6.45) is 1.14. The van der Waals surface area contributed by atoms with Crippen LogP contribution >= 0.6 is 11.8 Å². The van der Waals surface area contributed by atoms with E-state index in [1.165, 1.54) is 23.9 Å². The number of hydrogen-bond acceptors (Lipinski definition) is 7. The molecule has 1 heterocycles. The van der Waals surface area contributed by atoms with Gasteiger partial charge in [-0.25, -0.2) is 13.4 Å². The second-order valence-corrected chi connectivity index (χ2v) is 6.66. The van der Waals surface area contributed by atoms with Gasteiger partial charge in [-0.15, -0.1) is 11.8 Å². The van der Waals surface area contributed by atoms with Crippen molar-refractivity contribution in [2.75, 3.05) is 23.5 Å².